The Morgan fingerprint density at radius 3 is 2.68 bits per heavy atom. The Bertz CT molecular complexity index is 643. The van der Waals surface area contributed by atoms with Gasteiger partial charge in [-0.3, -0.25) is 4.79 Å². The van der Waals surface area contributed by atoms with Crippen LogP contribution in [0.2, 0.25) is 5.02 Å². The van der Waals surface area contributed by atoms with E-state index in [0.29, 0.717) is 16.3 Å². The normalized spacial score (nSPS) is 20.2. The van der Waals surface area contributed by atoms with Crippen LogP contribution in [0, 0.1) is 0 Å². The molecule has 1 aromatic carbocycles. The van der Waals surface area contributed by atoms with Crippen molar-refractivity contribution in [1.82, 2.24) is 10.2 Å². The van der Waals surface area contributed by atoms with Gasteiger partial charge in [0.05, 0.1) is 18.3 Å². The van der Waals surface area contributed by atoms with Gasteiger partial charge in [0, 0.05) is 37.8 Å². The van der Waals surface area contributed by atoms with E-state index in [9.17, 15) is 9.90 Å². The van der Waals surface area contributed by atoms with Gasteiger partial charge in [0.15, 0.2) is 0 Å². The molecule has 28 heavy (non-hydrogen) atoms. The molecule has 2 aliphatic rings. The number of nitrogens with zero attached hydrogens (tertiary/aromatic N) is 1. The molecule has 1 amide bonds. The molecule has 2 N–H and O–H groups in total. The maximum Gasteiger partial charge on any atom is 0.255 e. The molecule has 1 atom stereocenters. The Hall–Kier alpha value is -1.34. The van der Waals surface area contributed by atoms with Crippen molar-refractivity contribution in [2.45, 2.75) is 56.8 Å². The lowest BCUT2D eigenvalue weighted by molar-refractivity contribution is 0.0603. The molecule has 1 aliphatic heterocycles. The summed E-state index contributed by atoms with van der Waals surface area (Å²) < 4.78 is 11.1. The van der Waals surface area contributed by atoms with Gasteiger partial charge in [-0.05, 0) is 43.9 Å². The average molecular weight is 411 g/mol. The molecule has 1 saturated heterocycles. The Labute approximate surface area is 172 Å². The fourth-order valence-corrected chi connectivity index (χ4v) is 4.32. The molecule has 0 bridgehead atoms. The van der Waals surface area contributed by atoms with Crippen LogP contribution in [-0.2, 0) is 4.74 Å². The van der Waals surface area contributed by atoms with Crippen LogP contribution in [0.4, 0.5) is 0 Å². The predicted molar refractivity (Wildman–Crippen MR) is 109 cm³/mol. The summed E-state index contributed by atoms with van der Waals surface area (Å²) in [5.41, 5.74) is 0.398. The molecule has 0 unspecified atom stereocenters. The molecule has 2 fully saturated rings. The standard InChI is InChI=1S/C21H31ClN2O4/c1-27-14-17(25)13-23-21(26)19-12-15(22)6-7-20(19)28-18-8-10-24(11-9-18)16-4-2-3-5-16/h6-7,12,16-18,25H,2-5,8-11,13-14H2,1H3,(H,23,26)/t17-/m1/s1. The van der Waals surface area contributed by atoms with E-state index in [4.69, 9.17) is 21.1 Å². The average Bonchev–Trinajstić information content (AvgIpc) is 3.23. The van der Waals surface area contributed by atoms with Crippen LogP contribution in [0.1, 0.15) is 48.9 Å². The maximum absolute atomic E-state index is 12.6. The number of aliphatic hydroxyl groups is 1. The second kappa shape index (κ2) is 10.4. The van der Waals surface area contributed by atoms with Crippen molar-refractivity contribution >= 4 is 17.5 Å². The molecule has 7 heteroatoms. The maximum atomic E-state index is 12.6. The van der Waals surface area contributed by atoms with E-state index in [1.807, 2.05) is 0 Å². The topological polar surface area (TPSA) is 71.0 Å². The molecule has 3 rings (SSSR count). The van der Waals surface area contributed by atoms with Crippen molar-refractivity contribution < 1.29 is 19.4 Å². The van der Waals surface area contributed by atoms with Crippen molar-refractivity contribution in [3.63, 3.8) is 0 Å². The van der Waals surface area contributed by atoms with Crippen LogP contribution in [-0.4, -0.2) is 67.5 Å². The predicted octanol–water partition coefficient (Wildman–Crippen LogP) is 2.86. The summed E-state index contributed by atoms with van der Waals surface area (Å²) in [7, 11) is 1.51. The molecule has 1 aromatic rings. The summed E-state index contributed by atoms with van der Waals surface area (Å²) in [5.74, 6) is 0.235. The number of methoxy groups -OCH3 is 1. The van der Waals surface area contributed by atoms with Gasteiger partial charge >= 0.3 is 0 Å². The minimum Gasteiger partial charge on any atom is -0.489 e. The van der Waals surface area contributed by atoms with E-state index >= 15 is 0 Å². The van der Waals surface area contributed by atoms with Gasteiger partial charge in [0.1, 0.15) is 11.9 Å². The first-order valence-corrected chi connectivity index (χ1v) is 10.6. The summed E-state index contributed by atoms with van der Waals surface area (Å²) in [4.78, 5) is 15.2. The number of hydrogen-bond acceptors (Lipinski definition) is 5. The van der Waals surface area contributed by atoms with Gasteiger partial charge in [-0.25, -0.2) is 0 Å². The van der Waals surface area contributed by atoms with Crippen LogP contribution < -0.4 is 10.1 Å². The molecule has 0 aromatic heterocycles. The Morgan fingerprint density at radius 2 is 2.00 bits per heavy atom. The summed E-state index contributed by atoms with van der Waals surface area (Å²) in [5, 5.41) is 12.9. The zero-order valence-corrected chi connectivity index (χ0v) is 17.3. The Balaban J connectivity index is 1.57. The van der Waals surface area contributed by atoms with E-state index in [1.165, 1.54) is 32.8 Å². The van der Waals surface area contributed by atoms with E-state index in [2.05, 4.69) is 10.2 Å². The molecule has 1 heterocycles. The van der Waals surface area contributed by atoms with E-state index in [0.717, 1.165) is 32.0 Å². The molecule has 156 valence electrons. The van der Waals surface area contributed by atoms with Crippen molar-refractivity contribution in [3.05, 3.63) is 28.8 Å². The molecule has 1 saturated carbocycles. The first-order chi connectivity index (χ1) is 13.6. The van der Waals surface area contributed by atoms with Crippen molar-refractivity contribution in [1.29, 1.82) is 0 Å². The third kappa shape index (κ3) is 5.83. The highest BCUT2D eigenvalue weighted by Gasteiger charge is 2.28. The summed E-state index contributed by atoms with van der Waals surface area (Å²) >= 11 is 6.10. The van der Waals surface area contributed by atoms with E-state index < -0.39 is 6.10 Å². The number of piperidine rings is 1. The van der Waals surface area contributed by atoms with Crippen LogP contribution in [0.25, 0.3) is 0 Å². The quantitative estimate of drug-likeness (QED) is 0.689. The number of benzene rings is 1. The lowest BCUT2D eigenvalue weighted by Gasteiger charge is -2.36. The van der Waals surface area contributed by atoms with Crippen LogP contribution in [0.5, 0.6) is 5.75 Å². The third-order valence-corrected chi connectivity index (χ3v) is 5.89. The number of hydrogen-bond donors (Lipinski definition) is 2. The zero-order valence-electron chi connectivity index (χ0n) is 16.5. The van der Waals surface area contributed by atoms with Crippen LogP contribution in [0.15, 0.2) is 18.2 Å². The number of rotatable bonds is 8. The highest BCUT2D eigenvalue weighted by atomic mass is 35.5. The molecule has 1 aliphatic carbocycles. The second-order valence-electron chi connectivity index (χ2n) is 7.75. The summed E-state index contributed by atoms with van der Waals surface area (Å²) in [6, 6.07) is 5.85. The summed E-state index contributed by atoms with van der Waals surface area (Å²) in [6.07, 6.45) is 6.62. The highest BCUT2D eigenvalue weighted by molar-refractivity contribution is 6.31. The minimum absolute atomic E-state index is 0.101. The number of carbonyl (C=O) groups excluding carboxylic acids is 1. The number of carbonyl (C=O) groups is 1. The SMILES string of the molecule is COC[C@H](O)CNC(=O)c1cc(Cl)ccc1OC1CCN(C2CCCC2)CC1. The number of nitrogens with one attached hydrogen (secondary N) is 1. The molecule has 0 radical (unpaired) electrons. The lowest BCUT2D eigenvalue weighted by atomic mass is 10.0. The fourth-order valence-electron chi connectivity index (χ4n) is 4.15. The molecule has 6 nitrogen and oxygen atoms in total. The zero-order chi connectivity index (χ0) is 19.9. The fraction of sp³-hybridized carbons (Fsp3) is 0.667. The Morgan fingerprint density at radius 1 is 1.29 bits per heavy atom. The largest absolute Gasteiger partial charge is 0.489 e. The number of halogens is 1. The van der Waals surface area contributed by atoms with Gasteiger partial charge < -0.3 is 24.8 Å². The molecular weight excluding hydrogens is 380 g/mol. The van der Waals surface area contributed by atoms with Gasteiger partial charge in [-0.2, -0.15) is 0 Å². The highest BCUT2D eigenvalue weighted by Crippen LogP contribution is 2.29. The third-order valence-electron chi connectivity index (χ3n) is 5.65. The number of amides is 1. The second-order valence-corrected chi connectivity index (χ2v) is 8.19. The monoisotopic (exact) mass is 410 g/mol. The minimum atomic E-state index is -0.752. The first-order valence-electron chi connectivity index (χ1n) is 10.2. The smallest absolute Gasteiger partial charge is 0.255 e. The number of likely N-dealkylation sites (tertiary alicyclic amines) is 1. The van der Waals surface area contributed by atoms with Crippen molar-refractivity contribution in [3.8, 4) is 5.75 Å². The molecular formula is C21H31ClN2O4. The van der Waals surface area contributed by atoms with E-state index in [-0.39, 0.29) is 25.2 Å². The lowest BCUT2D eigenvalue weighted by Crippen LogP contribution is -2.43. The number of aliphatic hydroxyl groups excluding tert-OH is 1. The van der Waals surface area contributed by atoms with Gasteiger partial charge in [0.25, 0.3) is 5.91 Å². The Kier molecular flexibility index (Phi) is 7.97. The van der Waals surface area contributed by atoms with Gasteiger partial charge in [-0.1, -0.05) is 24.4 Å². The van der Waals surface area contributed by atoms with Crippen molar-refractivity contribution in [2.24, 2.45) is 0 Å². The number of ether oxygens (including phenoxy) is 2. The van der Waals surface area contributed by atoms with E-state index in [1.54, 1.807) is 18.2 Å². The van der Waals surface area contributed by atoms with Crippen LogP contribution in [0.3, 0.4) is 0 Å². The van der Waals surface area contributed by atoms with Crippen molar-refractivity contribution in [2.75, 3.05) is 33.4 Å². The van der Waals surface area contributed by atoms with Gasteiger partial charge in [0.2, 0.25) is 0 Å². The first kappa shape index (κ1) is 21.4. The molecule has 0 spiro atoms. The van der Waals surface area contributed by atoms with Crippen LogP contribution >= 0.6 is 11.6 Å². The summed E-state index contributed by atoms with van der Waals surface area (Å²) in [6.45, 7) is 2.37. The van der Waals surface area contributed by atoms with Gasteiger partial charge in [-0.15, -0.1) is 0 Å².